The van der Waals surface area contributed by atoms with E-state index in [1.54, 1.807) is 30.3 Å². The first kappa shape index (κ1) is 39.4. The second kappa shape index (κ2) is 15.4. The normalized spacial score (nSPS) is 17.0. The SMILES string of the molecule is CC(C)(C)c1nc2cc(S(=O)(=O)Cl)ccc2n1CC1CCOCC1.CCC(C)(C)c1nc2cc(S(=O)(=O)n3cccn3)ccc2n1CC1CCOCC1. The third-order valence-electron chi connectivity index (χ3n) is 10.5. The van der Waals surface area contributed by atoms with E-state index in [1.807, 2.05) is 12.1 Å². The number of nitrogens with zero attached hydrogens (tertiary/aromatic N) is 6. The van der Waals surface area contributed by atoms with Crippen LogP contribution in [-0.4, -0.2) is 71.6 Å². The molecule has 12 nitrogen and oxygen atoms in total. The maximum Gasteiger partial charge on any atom is 0.283 e. The second-order valence-corrected chi connectivity index (χ2v) is 20.2. The topological polar surface area (TPSA) is 140 Å². The van der Waals surface area contributed by atoms with E-state index in [0.717, 1.165) is 98.4 Å². The Balaban J connectivity index is 0.000000185. The molecule has 0 radical (unpaired) electrons. The summed E-state index contributed by atoms with van der Waals surface area (Å²) >= 11 is 0. The minimum Gasteiger partial charge on any atom is -0.381 e. The van der Waals surface area contributed by atoms with Crippen LogP contribution < -0.4 is 0 Å². The molecule has 2 saturated heterocycles. The van der Waals surface area contributed by atoms with Gasteiger partial charge in [0.15, 0.2) is 0 Å². The Morgan fingerprint density at radius 2 is 1.25 bits per heavy atom. The number of aromatic nitrogens is 6. The molecule has 5 aromatic rings. The lowest BCUT2D eigenvalue weighted by Crippen LogP contribution is -2.26. The van der Waals surface area contributed by atoms with Crippen molar-refractivity contribution >= 4 is 51.8 Å². The van der Waals surface area contributed by atoms with Crippen molar-refractivity contribution in [2.45, 2.75) is 107 Å². The van der Waals surface area contributed by atoms with Gasteiger partial charge in [-0.25, -0.2) is 18.4 Å². The van der Waals surface area contributed by atoms with E-state index in [4.69, 9.17) is 30.1 Å². The largest absolute Gasteiger partial charge is 0.381 e. The van der Waals surface area contributed by atoms with Crippen molar-refractivity contribution in [2.75, 3.05) is 26.4 Å². The molecule has 5 heterocycles. The molecule has 0 saturated carbocycles. The van der Waals surface area contributed by atoms with Crippen LogP contribution >= 0.6 is 10.7 Å². The van der Waals surface area contributed by atoms with E-state index < -0.39 is 19.1 Å². The predicted molar refractivity (Wildman–Crippen MR) is 206 cm³/mol. The lowest BCUT2D eigenvalue weighted by molar-refractivity contribution is 0.0610. The molecule has 53 heavy (non-hydrogen) atoms. The molecule has 0 unspecified atom stereocenters. The van der Waals surface area contributed by atoms with Crippen molar-refractivity contribution in [3.8, 4) is 0 Å². The Morgan fingerprint density at radius 1 is 0.755 bits per heavy atom. The highest BCUT2D eigenvalue weighted by molar-refractivity contribution is 8.13. The highest BCUT2D eigenvalue weighted by Gasteiger charge is 2.29. The summed E-state index contributed by atoms with van der Waals surface area (Å²) in [5.74, 6) is 3.07. The van der Waals surface area contributed by atoms with E-state index in [2.05, 4.69) is 55.8 Å². The molecule has 2 fully saturated rings. The van der Waals surface area contributed by atoms with Crippen molar-refractivity contribution in [1.29, 1.82) is 0 Å². The standard InChI is InChI=1S/C21H28N4O3S.C17H23ClN2O3S/c1-4-21(2,3)20-23-18-14-17(29(26,27)25-11-5-10-22-25)6-7-19(18)24(20)15-16-8-12-28-13-9-16;1-17(2,3)16-19-14-10-13(24(18,21)22)4-5-15(14)20(16)11-12-6-8-23-9-7-12/h5-7,10-11,14,16H,4,8-9,12-13,15H2,1-3H3;4-5,10,12H,6-9,11H2,1-3H3. The summed E-state index contributed by atoms with van der Waals surface area (Å²) < 4.78 is 65.4. The third kappa shape index (κ3) is 8.67. The van der Waals surface area contributed by atoms with Gasteiger partial charge in [-0.2, -0.15) is 17.6 Å². The number of hydrogen-bond acceptors (Lipinski definition) is 9. The fourth-order valence-corrected chi connectivity index (χ4v) is 8.92. The van der Waals surface area contributed by atoms with Crippen LogP contribution in [0.3, 0.4) is 0 Å². The third-order valence-corrected chi connectivity index (χ3v) is 13.4. The van der Waals surface area contributed by atoms with E-state index in [9.17, 15) is 16.8 Å². The van der Waals surface area contributed by atoms with Gasteiger partial charge in [0.25, 0.3) is 19.1 Å². The molecule has 0 bridgehead atoms. The van der Waals surface area contributed by atoms with Crippen LogP contribution in [0.4, 0.5) is 0 Å². The first-order chi connectivity index (χ1) is 25.0. The van der Waals surface area contributed by atoms with Crippen LogP contribution in [0.2, 0.25) is 0 Å². The quantitative estimate of drug-likeness (QED) is 0.141. The molecular formula is C38H51ClN6O6S2. The van der Waals surface area contributed by atoms with E-state index >= 15 is 0 Å². The van der Waals surface area contributed by atoms with Gasteiger partial charge in [0, 0.05) is 67.2 Å². The summed E-state index contributed by atoms with van der Waals surface area (Å²) in [5, 5.41) is 3.89. The Kier molecular flexibility index (Phi) is 11.5. The average molecular weight is 787 g/mol. The van der Waals surface area contributed by atoms with Crippen LogP contribution in [0.5, 0.6) is 0 Å². The Bertz CT molecular complexity index is 2260. The number of hydrogen-bond donors (Lipinski definition) is 0. The fourth-order valence-electron chi connectivity index (χ4n) is 7.03. The number of halogens is 1. The summed E-state index contributed by atoms with van der Waals surface area (Å²) in [5.41, 5.74) is 3.08. The summed E-state index contributed by atoms with van der Waals surface area (Å²) in [6.07, 6.45) is 8.00. The molecule has 0 spiro atoms. The zero-order valence-electron chi connectivity index (χ0n) is 31.5. The van der Waals surface area contributed by atoms with Gasteiger partial charge in [-0.1, -0.05) is 41.5 Å². The zero-order chi connectivity index (χ0) is 38.2. The van der Waals surface area contributed by atoms with Gasteiger partial charge in [-0.15, -0.1) is 0 Å². The number of imidazole rings is 2. The van der Waals surface area contributed by atoms with Crippen LogP contribution in [0, 0.1) is 11.8 Å². The number of rotatable bonds is 9. The monoisotopic (exact) mass is 786 g/mol. The molecule has 7 rings (SSSR count). The van der Waals surface area contributed by atoms with Gasteiger partial charge < -0.3 is 18.6 Å². The van der Waals surface area contributed by atoms with E-state index in [1.165, 1.54) is 12.4 Å². The minimum atomic E-state index is -3.75. The van der Waals surface area contributed by atoms with Crippen molar-refractivity contribution < 1.29 is 26.3 Å². The van der Waals surface area contributed by atoms with Crippen molar-refractivity contribution in [3.63, 3.8) is 0 Å². The zero-order valence-corrected chi connectivity index (χ0v) is 33.8. The summed E-state index contributed by atoms with van der Waals surface area (Å²) in [7, 11) is -2.00. The molecule has 0 atom stereocenters. The predicted octanol–water partition coefficient (Wildman–Crippen LogP) is 7.27. The second-order valence-electron chi connectivity index (χ2n) is 15.8. The highest BCUT2D eigenvalue weighted by atomic mass is 35.7. The summed E-state index contributed by atoms with van der Waals surface area (Å²) in [6, 6.07) is 11.7. The summed E-state index contributed by atoms with van der Waals surface area (Å²) in [4.78, 5) is 9.94. The molecule has 0 amide bonds. The fraction of sp³-hybridized carbons (Fsp3) is 0.553. The molecular weight excluding hydrogens is 736 g/mol. The molecule has 3 aromatic heterocycles. The molecule has 15 heteroatoms. The van der Waals surface area contributed by atoms with E-state index in [0.29, 0.717) is 22.9 Å². The first-order valence-electron chi connectivity index (χ1n) is 18.4. The summed E-state index contributed by atoms with van der Waals surface area (Å²) in [6.45, 7) is 17.9. The molecule has 288 valence electrons. The smallest absolute Gasteiger partial charge is 0.283 e. The van der Waals surface area contributed by atoms with E-state index in [-0.39, 0.29) is 20.6 Å². The average Bonchev–Trinajstić information content (AvgIpc) is 3.88. The first-order valence-corrected chi connectivity index (χ1v) is 22.1. The van der Waals surface area contributed by atoms with Gasteiger partial charge in [-0.05, 0) is 86.4 Å². The van der Waals surface area contributed by atoms with Crippen LogP contribution in [0.25, 0.3) is 22.1 Å². The lowest BCUT2D eigenvalue weighted by atomic mass is 9.89. The molecule has 0 N–H and O–H groups in total. The van der Waals surface area contributed by atoms with Gasteiger partial charge in [0.1, 0.15) is 11.6 Å². The van der Waals surface area contributed by atoms with Crippen molar-refractivity contribution in [3.05, 3.63) is 66.5 Å². The van der Waals surface area contributed by atoms with Crippen LogP contribution in [0.1, 0.15) is 85.3 Å². The maximum atomic E-state index is 12.9. The minimum absolute atomic E-state index is 0.0906. The Morgan fingerprint density at radius 3 is 1.72 bits per heavy atom. The van der Waals surface area contributed by atoms with Crippen LogP contribution in [0.15, 0.2) is 64.6 Å². The molecule has 2 aliphatic heterocycles. The van der Waals surface area contributed by atoms with Crippen LogP contribution in [-0.2, 0) is 52.5 Å². The van der Waals surface area contributed by atoms with Crippen molar-refractivity contribution in [2.24, 2.45) is 11.8 Å². The van der Waals surface area contributed by atoms with Gasteiger partial charge in [0.2, 0.25) is 0 Å². The van der Waals surface area contributed by atoms with Crippen molar-refractivity contribution in [1.82, 2.24) is 28.3 Å². The highest BCUT2D eigenvalue weighted by Crippen LogP contribution is 2.34. The Labute approximate surface area is 317 Å². The van der Waals surface area contributed by atoms with Gasteiger partial charge >= 0.3 is 0 Å². The number of fused-ring (bicyclic) bond motifs is 2. The molecule has 2 aromatic carbocycles. The number of benzene rings is 2. The van der Waals surface area contributed by atoms with Gasteiger partial charge in [0.05, 0.1) is 38.1 Å². The Hall–Kier alpha value is -3.30. The number of ether oxygens (including phenoxy) is 2. The maximum absolute atomic E-state index is 12.9. The van der Waals surface area contributed by atoms with Gasteiger partial charge in [-0.3, -0.25) is 0 Å². The molecule has 0 aliphatic carbocycles. The lowest BCUT2D eigenvalue weighted by Gasteiger charge is -2.28. The molecule has 2 aliphatic rings.